The Bertz CT molecular complexity index is 401. The van der Waals surface area contributed by atoms with Crippen LogP contribution < -0.4 is 0 Å². The van der Waals surface area contributed by atoms with Crippen molar-refractivity contribution in [3.05, 3.63) is 60.2 Å². The van der Waals surface area contributed by atoms with E-state index in [1.54, 1.807) is 6.08 Å². The van der Waals surface area contributed by atoms with Crippen molar-refractivity contribution in [2.24, 2.45) is 0 Å². The van der Waals surface area contributed by atoms with Gasteiger partial charge in [-0.3, -0.25) is 0 Å². The van der Waals surface area contributed by atoms with Gasteiger partial charge in [0.05, 0.1) is 0 Å². The van der Waals surface area contributed by atoms with E-state index in [1.165, 1.54) is 19.3 Å². The minimum atomic E-state index is -0.901. The maximum Gasteiger partial charge on any atom is 0.108 e. The maximum absolute atomic E-state index is 10.8. The van der Waals surface area contributed by atoms with Crippen LogP contribution in [0.15, 0.2) is 54.6 Å². The summed E-state index contributed by atoms with van der Waals surface area (Å²) in [4.78, 5) is 0. The van der Waals surface area contributed by atoms with E-state index in [2.05, 4.69) is 13.5 Å². The molecule has 1 unspecified atom stereocenters. The first-order chi connectivity index (χ1) is 9.12. The molecule has 0 heterocycles. The summed E-state index contributed by atoms with van der Waals surface area (Å²) in [7, 11) is 0. The van der Waals surface area contributed by atoms with Crippen molar-refractivity contribution >= 4 is 0 Å². The van der Waals surface area contributed by atoms with Gasteiger partial charge in [-0.15, -0.1) is 0 Å². The van der Waals surface area contributed by atoms with Crippen molar-refractivity contribution in [3.63, 3.8) is 0 Å². The molecular weight excluding hydrogens is 232 g/mol. The van der Waals surface area contributed by atoms with Crippen LogP contribution in [0.4, 0.5) is 0 Å². The summed E-state index contributed by atoms with van der Waals surface area (Å²) in [5, 5.41) is 10.8. The molecule has 1 heteroatoms. The molecular formula is C18H26O. The minimum Gasteiger partial charge on any atom is -0.381 e. The highest BCUT2D eigenvalue weighted by atomic mass is 16.3. The van der Waals surface area contributed by atoms with Crippen molar-refractivity contribution in [2.45, 2.75) is 51.6 Å². The molecule has 1 atom stereocenters. The first-order valence-electron chi connectivity index (χ1n) is 7.23. The quantitative estimate of drug-likeness (QED) is 0.515. The van der Waals surface area contributed by atoms with Crippen LogP contribution in [0, 0.1) is 0 Å². The third-order valence-corrected chi connectivity index (χ3v) is 3.58. The van der Waals surface area contributed by atoms with E-state index in [9.17, 15) is 5.11 Å². The van der Waals surface area contributed by atoms with Gasteiger partial charge in [-0.05, 0) is 30.9 Å². The molecule has 0 aromatic heterocycles. The molecule has 0 saturated carbocycles. The van der Waals surface area contributed by atoms with Crippen LogP contribution >= 0.6 is 0 Å². The summed E-state index contributed by atoms with van der Waals surface area (Å²) in [5.74, 6) is 0. The zero-order valence-electron chi connectivity index (χ0n) is 12.2. The van der Waals surface area contributed by atoms with Crippen LogP contribution in [0.25, 0.3) is 0 Å². The lowest BCUT2D eigenvalue weighted by Gasteiger charge is -2.27. The molecule has 0 aliphatic carbocycles. The zero-order valence-corrected chi connectivity index (χ0v) is 12.2. The summed E-state index contributed by atoms with van der Waals surface area (Å²) in [6.45, 7) is 7.85. The summed E-state index contributed by atoms with van der Waals surface area (Å²) in [6, 6.07) is 9.85. The fraction of sp³-hybridized carbons (Fsp3) is 0.444. The predicted octanol–water partition coefficient (Wildman–Crippen LogP) is 4.98. The number of allylic oxidation sites excluding steroid dienone is 2. The Balaban J connectivity index is 2.80. The first kappa shape index (κ1) is 15.7. The molecule has 1 nitrogen and oxygen atoms in total. The first-order valence-corrected chi connectivity index (χ1v) is 7.23. The van der Waals surface area contributed by atoms with Gasteiger partial charge in [-0.2, -0.15) is 0 Å². The molecule has 0 radical (unpaired) electrons. The largest absolute Gasteiger partial charge is 0.381 e. The second-order valence-corrected chi connectivity index (χ2v) is 5.18. The van der Waals surface area contributed by atoms with E-state index in [0.717, 1.165) is 24.0 Å². The fourth-order valence-electron chi connectivity index (χ4n) is 2.32. The lowest BCUT2D eigenvalue weighted by atomic mass is 9.84. The Labute approximate surface area is 117 Å². The van der Waals surface area contributed by atoms with Gasteiger partial charge in [-0.1, -0.05) is 75.2 Å². The van der Waals surface area contributed by atoms with E-state index >= 15 is 0 Å². The molecule has 1 aromatic carbocycles. The molecule has 1 rings (SSSR count). The van der Waals surface area contributed by atoms with Gasteiger partial charge in [0.25, 0.3) is 0 Å². The molecule has 0 amide bonds. The number of benzene rings is 1. The van der Waals surface area contributed by atoms with Crippen LogP contribution in [0.1, 0.15) is 51.5 Å². The average molecular weight is 258 g/mol. The Morgan fingerprint density at radius 3 is 2.47 bits per heavy atom. The zero-order chi connectivity index (χ0) is 14.1. The summed E-state index contributed by atoms with van der Waals surface area (Å²) < 4.78 is 0. The highest BCUT2D eigenvalue weighted by Gasteiger charge is 2.26. The molecule has 0 fully saturated rings. The van der Waals surface area contributed by atoms with Gasteiger partial charge in [0, 0.05) is 0 Å². The molecule has 1 N–H and O–H groups in total. The van der Waals surface area contributed by atoms with Gasteiger partial charge in [0.2, 0.25) is 0 Å². The second-order valence-electron chi connectivity index (χ2n) is 5.18. The van der Waals surface area contributed by atoms with Crippen molar-refractivity contribution in [1.82, 2.24) is 0 Å². The second kappa shape index (κ2) is 7.96. The molecule has 19 heavy (non-hydrogen) atoms. The highest BCUT2D eigenvalue weighted by molar-refractivity contribution is 5.33. The normalized spacial score (nSPS) is 15.0. The van der Waals surface area contributed by atoms with E-state index in [4.69, 9.17) is 0 Å². The van der Waals surface area contributed by atoms with Gasteiger partial charge >= 0.3 is 0 Å². The minimum absolute atomic E-state index is 0.901. The van der Waals surface area contributed by atoms with Gasteiger partial charge in [0.1, 0.15) is 5.60 Å². The third-order valence-electron chi connectivity index (χ3n) is 3.58. The van der Waals surface area contributed by atoms with Crippen LogP contribution in [0.2, 0.25) is 0 Å². The Morgan fingerprint density at radius 1 is 1.21 bits per heavy atom. The maximum atomic E-state index is 10.8. The third kappa shape index (κ3) is 4.68. The SMILES string of the molecule is C=C/C=C(/CCCCCC)C(C)(O)c1ccccc1. The summed E-state index contributed by atoms with van der Waals surface area (Å²) in [5.41, 5.74) is 1.09. The summed E-state index contributed by atoms with van der Waals surface area (Å²) in [6.07, 6.45) is 9.48. The summed E-state index contributed by atoms with van der Waals surface area (Å²) >= 11 is 0. The van der Waals surface area contributed by atoms with Crippen LogP contribution in [-0.4, -0.2) is 5.11 Å². The molecule has 0 aliphatic rings. The van der Waals surface area contributed by atoms with Crippen molar-refractivity contribution in [3.8, 4) is 0 Å². The molecule has 1 aromatic rings. The topological polar surface area (TPSA) is 20.2 Å². The van der Waals surface area contributed by atoms with Crippen molar-refractivity contribution in [1.29, 1.82) is 0 Å². The number of unbranched alkanes of at least 4 members (excludes halogenated alkanes) is 3. The van der Waals surface area contributed by atoms with Crippen molar-refractivity contribution < 1.29 is 5.11 Å². The molecule has 0 aliphatic heterocycles. The van der Waals surface area contributed by atoms with E-state index in [-0.39, 0.29) is 0 Å². The van der Waals surface area contributed by atoms with Crippen LogP contribution in [0.5, 0.6) is 0 Å². The smallest absolute Gasteiger partial charge is 0.108 e. The van der Waals surface area contributed by atoms with E-state index < -0.39 is 5.60 Å². The number of hydrogen-bond donors (Lipinski definition) is 1. The Morgan fingerprint density at radius 2 is 1.89 bits per heavy atom. The standard InChI is InChI=1S/C18H26O/c1-4-6-7-9-13-16(12-5-2)18(3,19)17-14-10-8-11-15-17/h5,8,10-12,14-15,19H,2,4,6-7,9,13H2,1,3H3/b16-12-. The van der Waals surface area contributed by atoms with E-state index in [1.807, 2.05) is 43.3 Å². The number of hydrogen-bond acceptors (Lipinski definition) is 1. The fourth-order valence-corrected chi connectivity index (χ4v) is 2.32. The molecule has 0 spiro atoms. The number of rotatable bonds is 8. The average Bonchev–Trinajstić information content (AvgIpc) is 2.43. The van der Waals surface area contributed by atoms with E-state index in [0.29, 0.717) is 0 Å². The van der Waals surface area contributed by atoms with Gasteiger partial charge in [0.15, 0.2) is 0 Å². The Hall–Kier alpha value is -1.34. The lowest BCUT2D eigenvalue weighted by Crippen LogP contribution is -2.24. The van der Waals surface area contributed by atoms with Gasteiger partial charge in [-0.25, -0.2) is 0 Å². The Kier molecular flexibility index (Phi) is 6.58. The number of aliphatic hydroxyl groups is 1. The van der Waals surface area contributed by atoms with Crippen LogP contribution in [0.3, 0.4) is 0 Å². The predicted molar refractivity (Wildman–Crippen MR) is 83.1 cm³/mol. The van der Waals surface area contributed by atoms with Crippen LogP contribution in [-0.2, 0) is 5.60 Å². The lowest BCUT2D eigenvalue weighted by molar-refractivity contribution is 0.0931. The molecule has 0 saturated heterocycles. The monoisotopic (exact) mass is 258 g/mol. The highest BCUT2D eigenvalue weighted by Crippen LogP contribution is 2.32. The van der Waals surface area contributed by atoms with Gasteiger partial charge < -0.3 is 5.11 Å². The van der Waals surface area contributed by atoms with Crippen molar-refractivity contribution in [2.75, 3.05) is 0 Å². The molecule has 0 bridgehead atoms. The molecule has 104 valence electrons.